The van der Waals surface area contributed by atoms with Crippen molar-refractivity contribution in [3.8, 4) is 0 Å². The molecule has 0 heterocycles. The van der Waals surface area contributed by atoms with E-state index in [1.807, 2.05) is 0 Å². The van der Waals surface area contributed by atoms with Crippen LogP contribution in [0.5, 0.6) is 0 Å². The first-order chi connectivity index (χ1) is 15.2. The summed E-state index contributed by atoms with van der Waals surface area (Å²) in [5.74, 6) is 0. The van der Waals surface area contributed by atoms with Gasteiger partial charge in [0.2, 0.25) is 0 Å². The van der Waals surface area contributed by atoms with Gasteiger partial charge in [0.05, 0.1) is 22.8 Å². The summed E-state index contributed by atoms with van der Waals surface area (Å²) < 4.78 is 0. The van der Waals surface area contributed by atoms with Crippen molar-refractivity contribution in [2.24, 2.45) is 20.8 Å². The molecule has 5 heteroatoms. The first-order valence-electron chi connectivity index (χ1n) is 11.4. The van der Waals surface area contributed by atoms with Gasteiger partial charge in [-0.3, -0.25) is 9.98 Å². The first-order valence-corrected chi connectivity index (χ1v) is 14.1. The summed E-state index contributed by atoms with van der Waals surface area (Å²) in [4.78, 5) is 10.7. The van der Waals surface area contributed by atoms with E-state index in [2.05, 4.69) is 93.5 Å². The van der Waals surface area contributed by atoms with E-state index in [4.69, 9.17) is 30.4 Å². The average molecular weight is 532 g/mol. The normalized spacial score (nSPS) is 19.5. The van der Waals surface area contributed by atoms with Crippen LogP contribution in [0.25, 0.3) is 0 Å². The maximum atomic E-state index is 5.35. The molecule has 184 valence electrons. The average Bonchev–Trinajstić information content (AvgIpc) is 2.66. The molecule has 2 aromatic carbocycles. The van der Waals surface area contributed by atoms with E-state index in [0.29, 0.717) is 12.7 Å². The molecule has 0 amide bonds. The second kappa shape index (κ2) is 11.1. The topological polar surface area (TPSA) is 24.7 Å². The summed E-state index contributed by atoms with van der Waals surface area (Å²) in [6, 6.07) is 8.94. The van der Waals surface area contributed by atoms with Crippen molar-refractivity contribution < 1.29 is 12.7 Å². The van der Waals surface area contributed by atoms with Crippen molar-refractivity contribution in [1.82, 2.24) is 0 Å². The molecule has 1 aliphatic carbocycles. The Bertz CT molecular complexity index is 950. The molecule has 0 saturated heterocycles. The fourth-order valence-electron chi connectivity index (χ4n) is 4.83. The van der Waals surface area contributed by atoms with E-state index in [9.17, 15) is 0 Å². The summed E-state index contributed by atoms with van der Waals surface area (Å²) in [6.45, 7) is 22.3. The van der Waals surface area contributed by atoms with Crippen LogP contribution in [0.1, 0.15) is 73.9 Å². The number of nitrogens with zero attached hydrogens (tertiary/aromatic N) is 2. The standard InChI is InChI=1S/C28H38N2.2ClH.Ni/c1-17-13-19(3)23(20(4)14-17)29-25-26(28(9,10)12-11-27(25,7)8)30-24-21(5)15-18(2)16-22(24)6;;;/h13-16H,11-12H2,1-10H3;2*1H;/q;;;+2/p-2. The summed E-state index contributed by atoms with van der Waals surface area (Å²) in [5, 5.41) is 0. The van der Waals surface area contributed by atoms with E-state index in [0.717, 1.165) is 35.6 Å². The molecule has 33 heavy (non-hydrogen) atoms. The third-order valence-electron chi connectivity index (χ3n) is 6.60. The summed E-state index contributed by atoms with van der Waals surface area (Å²) in [6.07, 6.45) is 2.24. The van der Waals surface area contributed by atoms with Gasteiger partial charge in [-0.1, -0.05) is 63.1 Å². The molecule has 1 aliphatic rings. The number of hydrogen-bond acceptors (Lipinski definition) is 2. The summed E-state index contributed by atoms with van der Waals surface area (Å²) >= 11 is 0.569. The van der Waals surface area contributed by atoms with Gasteiger partial charge >= 0.3 is 33.0 Å². The monoisotopic (exact) mass is 530 g/mol. The van der Waals surface area contributed by atoms with Gasteiger partial charge in [-0.15, -0.1) is 0 Å². The van der Waals surface area contributed by atoms with Crippen molar-refractivity contribution in [2.75, 3.05) is 0 Å². The minimum atomic E-state index is -0.00930. The Kier molecular flexibility index (Phi) is 9.42. The second-order valence-electron chi connectivity index (χ2n) is 10.7. The number of benzene rings is 2. The van der Waals surface area contributed by atoms with Gasteiger partial charge in [0.25, 0.3) is 0 Å². The third kappa shape index (κ3) is 6.71. The van der Waals surface area contributed by atoms with Crippen LogP contribution in [0, 0.1) is 52.4 Å². The van der Waals surface area contributed by atoms with E-state index >= 15 is 0 Å². The molecule has 3 rings (SSSR count). The van der Waals surface area contributed by atoms with E-state index < -0.39 is 0 Å². The van der Waals surface area contributed by atoms with Crippen LogP contribution >= 0.6 is 20.4 Å². The predicted molar refractivity (Wildman–Crippen MR) is 144 cm³/mol. The Morgan fingerprint density at radius 3 is 1.09 bits per heavy atom. The molecule has 0 aliphatic heterocycles. The predicted octanol–water partition coefficient (Wildman–Crippen LogP) is 9.61. The van der Waals surface area contributed by atoms with Gasteiger partial charge < -0.3 is 0 Å². The van der Waals surface area contributed by atoms with Crippen molar-refractivity contribution in [1.29, 1.82) is 0 Å². The van der Waals surface area contributed by atoms with Crippen molar-refractivity contribution in [2.45, 2.75) is 82.1 Å². The molecule has 1 saturated carbocycles. The van der Waals surface area contributed by atoms with Crippen LogP contribution in [0.2, 0.25) is 0 Å². The molecular weight excluding hydrogens is 494 g/mol. The van der Waals surface area contributed by atoms with Crippen LogP contribution in [0.3, 0.4) is 0 Å². The number of hydrogen-bond donors (Lipinski definition) is 0. The molecule has 0 unspecified atom stereocenters. The van der Waals surface area contributed by atoms with Crippen LogP contribution in [-0.2, 0) is 12.7 Å². The van der Waals surface area contributed by atoms with Crippen molar-refractivity contribution in [3.63, 3.8) is 0 Å². The van der Waals surface area contributed by atoms with Crippen LogP contribution in [0.4, 0.5) is 11.4 Å². The number of aryl methyl sites for hydroxylation is 6. The van der Waals surface area contributed by atoms with Crippen molar-refractivity contribution >= 4 is 43.2 Å². The molecule has 2 nitrogen and oxygen atoms in total. The van der Waals surface area contributed by atoms with Crippen LogP contribution < -0.4 is 0 Å². The number of halogens is 2. The fraction of sp³-hybridized carbons (Fsp3) is 0.500. The van der Waals surface area contributed by atoms with Gasteiger partial charge in [-0.2, -0.15) is 0 Å². The van der Waals surface area contributed by atoms with E-state index in [1.54, 1.807) is 0 Å². The van der Waals surface area contributed by atoms with Crippen LogP contribution in [0.15, 0.2) is 34.3 Å². The van der Waals surface area contributed by atoms with E-state index in [1.165, 1.54) is 33.4 Å². The zero-order valence-corrected chi connectivity index (χ0v) is 24.2. The molecule has 1 fully saturated rings. The third-order valence-corrected chi connectivity index (χ3v) is 6.60. The van der Waals surface area contributed by atoms with Gasteiger partial charge in [0, 0.05) is 10.8 Å². The number of aliphatic imine (C=N–C) groups is 2. The van der Waals surface area contributed by atoms with Crippen molar-refractivity contribution in [3.05, 3.63) is 57.6 Å². The Labute approximate surface area is 215 Å². The Hall–Kier alpha value is -1.15. The molecule has 2 aromatic rings. The molecular formula is C28H38Cl2N2Ni. The summed E-state index contributed by atoms with van der Waals surface area (Å²) in [5.41, 5.74) is 12.0. The molecule has 0 aromatic heterocycles. The SMILES string of the molecule is Cc1cc(C)c(N=C2C(=Nc3c(C)cc(C)cc3C)C(C)(C)CCC2(C)C)c(C)c1.[Cl][Ni][Cl]. The van der Waals surface area contributed by atoms with Gasteiger partial charge in [-0.25, -0.2) is 0 Å². The summed E-state index contributed by atoms with van der Waals surface area (Å²) in [7, 11) is 9.40. The molecule has 0 N–H and O–H groups in total. The second-order valence-corrected chi connectivity index (χ2v) is 12.4. The zero-order valence-electron chi connectivity index (χ0n) is 21.7. The quantitative estimate of drug-likeness (QED) is 0.344. The Morgan fingerprint density at radius 1 is 0.606 bits per heavy atom. The van der Waals surface area contributed by atoms with Gasteiger partial charge in [-0.05, 0) is 76.6 Å². The molecule has 0 bridgehead atoms. The first kappa shape index (κ1) is 28.1. The number of rotatable bonds is 2. The van der Waals surface area contributed by atoms with Gasteiger partial charge in [0.1, 0.15) is 0 Å². The molecule has 0 atom stereocenters. The van der Waals surface area contributed by atoms with Gasteiger partial charge in [0.15, 0.2) is 0 Å². The van der Waals surface area contributed by atoms with E-state index in [-0.39, 0.29) is 10.8 Å². The Balaban J connectivity index is 0.00000122. The fourth-order valence-corrected chi connectivity index (χ4v) is 4.83. The molecule has 0 spiro atoms. The maximum absolute atomic E-state index is 5.35. The zero-order chi connectivity index (χ0) is 25.1. The minimum absolute atomic E-state index is 0.00930. The molecule has 0 radical (unpaired) electrons. The van der Waals surface area contributed by atoms with Crippen LogP contribution in [-0.4, -0.2) is 11.4 Å². The Morgan fingerprint density at radius 2 is 0.848 bits per heavy atom.